The van der Waals surface area contributed by atoms with Crippen molar-refractivity contribution in [3.8, 4) is 11.3 Å². The minimum atomic E-state index is 0.655. The Morgan fingerprint density at radius 2 is 2.00 bits per heavy atom. The Balaban J connectivity index is 2.12. The molecule has 0 spiro atoms. The van der Waals surface area contributed by atoms with Crippen molar-refractivity contribution in [3.05, 3.63) is 36.7 Å². The number of hydrogen-bond acceptors (Lipinski definition) is 5. The molecule has 1 aromatic heterocycles. The topological polar surface area (TPSA) is 47.0 Å². The molecule has 1 aromatic carbocycles. The number of thioether (sulfide) groups is 1. The van der Waals surface area contributed by atoms with Gasteiger partial charge in [-0.3, -0.25) is 0 Å². The van der Waals surface area contributed by atoms with Crippen LogP contribution < -0.4 is 5.32 Å². The van der Waals surface area contributed by atoms with Gasteiger partial charge in [0.25, 0.3) is 0 Å². The summed E-state index contributed by atoms with van der Waals surface area (Å²) in [5.74, 6) is 0.816. The van der Waals surface area contributed by atoms with Crippen molar-refractivity contribution >= 4 is 17.6 Å². The van der Waals surface area contributed by atoms with Gasteiger partial charge in [-0.05, 0) is 18.4 Å². The Morgan fingerprint density at radius 3 is 2.68 bits per heavy atom. The monoisotopic (exact) mass is 275 g/mol. The van der Waals surface area contributed by atoms with E-state index in [0.29, 0.717) is 6.61 Å². The van der Waals surface area contributed by atoms with Gasteiger partial charge in [-0.15, -0.1) is 11.8 Å². The Labute approximate surface area is 117 Å². The van der Waals surface area contributed by atoms with Crippen LogP contribution in [0.1, 0.15) is 0 Å². The molecule has 5 heteroatoms. The Bertz CT molecular complexity index is 516. The molecule has 0 radical (unpaired) electrons. The van der Waals surface area contributed by atoms with Gasteiger partial charge in [-0.2, -0.15) is 0 Å². The van der Waals surface area contributed by atoms with Crippen LogP contribution in [0.25, 0.3) is 11.3 Å². The number of anilines is 1. The molecular formula is C14H17N3OS. The predicted molar refractivity (Wildman–Crippen MR) is 79.6 cm³/mol. The summed E-state index contributed by atoms with van der Waals surface area (Å²) in [5.41, 5.74) is 2.01. The van der Waals surface area contributed by atoms with E-state index in [1.807, 2.05) is 6.07 Å². The summed E-state index contributed by atoms with van der Waals surface area (Å²) < 4.78 is 5.00. The van der Waals surface area contributed by atoms with Crippen LogP contribution in [0.4, 0.5) is 5.82 Å². The van der Waals surface area contributed by atoms with E-state index in [1.165, 1.54) is 4.90 Å². The Hall–Kier alpha value is -1.59. The van der Waals surface area contributed by atoms with Crippen LogP contribution in [0.2, 0.25) is 0 Å². The summed E-state index contributed by atoms with van der Waals surface area (Å²) in [6, 6.07) is 10.3. The number of nitrogens with zero attached hydrogens (tertiary/aromatic N) is 2. The van der Waals surface area contributed by atoms with E-state index >= 15 is 0 Å². The molecular weight excluding hydrogens is 258 g/mol. The van der Waals surface area contributed by atoms with Gasteiger partial charge in [-0.25, -0.2) is 9.97 Å². The lowest BCUT2D eigenvalue weighted by atomic mass is 10.1. The lowest BCUT2D eigenvalue weighted by molar-refractivity contribution is 0.210. The highest BCUT2D eigenvalue weighted by molar-refractivity contribution is 7.98. The van der Waals surface area contributed by atoms with Crippen molar-refractivity contribution in [2.75, 3.05) is 31.8 Å². The SMILES string of the molecule is COCCNc1cc(-c2ccc(SC)cc2)ncn1. The van der Waals surface area contributed by atoms with E-state index in [1.54, 1.807) is 25.2 Å². The molecule has 2 aromatic rings. The third-order valence-electron chi connectivity index (χ3n) is 2.67. The van der Waals surface area contributed by atoms with Gasteiger partial charge in [0.15, 0.2) is 0 Å². The molecule has 1 N–H and O–H groups in total. The molecule has 0 fully saturated rings. The zero-order valence-corrected chi connectivity index (χ0v) is 11.9. The number of rotatable bonds is 6. The summed E-state index contributed by atoms with van der Waals surface area (Å²) in [6.45, 7) is 1.39. The molecule has 2 rings (SSSR count). The fraction of sp³-hybridized carbons (Fsp3) is 0.286. The van der Waals surface area contributed by atoms with E-state index in [2.05, 4.69) is 45.8 Å². The van der Waals surface area contributed by atoms with Gasteiger partial charge in [0, 0.05) is 30.2 Å². The molecule has 4 nitrogen and oxygen atoms in total. The summed E-state index contributed by atoms with van der Waals surface area (Å²) in [6.07, 6.45) is 3.64. The normalized spacial score (nSPS) is 10.4. The highest BCUT2D eigenvalue weighted by atomic mass is 32.2. The van der Waals surface area contributed by atoms with Crippen molar-refractivity contribution in [2.45, 2.75) is 4.90 Å². The maximum absolute atomic E-state index is 5.00. The van der Waals surface area contributed by atoms with Gasteiger partial charge in [0.1, 0.15) is 12.1 Å². The maximum atomic E-state index is 5.00. The number of hydrogen-bond donors (Lipinski definition) is 1. The van der Waals surface area contributed by atoms with Crippen molar-refractivity contribution in [2.24, 2.45) is 0 Å². The van der Waals surface area contributed by atoms with E-state index in [-0.39, 0.29) is 0 Å². The number of ether oxygens (including phenoxy) is 1. The predicted octanol–water partition coefficient (Wildman–Crippen LogP) is 2.92. The fourth-order valence-corrected chi connectivity index (χ4v) is 2.06. The molecule has 100 valence electrons. The molecule has 0 unspecified atom stereocenters. The third-order valence-corrected chi connectivity index (χ3v) is 3.41. The first-order valence-electron chi connectivity index (χ1n) is 6.03. The van der Waals surface area contributed by atoms with Crippen molar-refractivity contribution in [1.29, 1.82) is 0 Å². The number of nitrogens with one attached hydrogen (secondary N) is 1. The average molecular weight is 275 g/mol. The molecule has 1 heterocycles. The molecule has 0 aliphatic heterocycles. The summed E-state index contributed by atoms with van der Waals surface area (Å²) in [4.78, 5) is 9.74. The first-order chi connectivity index (χ1) is 9.33. The second-order valence-corrected chi connectivity index (χ2v) is 4.82. The number of benzene rings is 1. The van der Waals surface area contributed by atoms with E-state index in [4.69, 9.17) is 4.74 Å². The van der Waals surface area contributed by atoms with E-state index in [9.17, 15) is 0 Å². The highest BCUT2D eigenvalue weighted by Crippen LogP contribution is 2.22. The molecule has 0 saturated heterocycles. The second kappa shape index (κ2) is 7.11. The fourth-order valence-electron chi connectivity index (χ4n) is 1.65. The van der Waals surface area contributed by atoms with Gasteiger partial charge < -0.3 is 10.1 Å². The van der Waals surface area contributed by atoms with E-state index < -0.39 is 0 Å². The van der Waals surface area contributed by atoms with Gasteiger partial charge in [0.05, 0.1) is 12.3 Å². The van der Waals surface area contributed by atoms with Crippen molar-refractivity contribution in [1.82, 2.24) is 9.97 Å². The molecule has 0 atom stereocenters. The van der Waals surface area contributed by atoms with Crippen LogP contribution in [-0.4, -0.2) is 36.5 Å². The number of aromatic nitrogens is 2. The highest BCUT2D eigenvalue weighted by Gasteiger charge is 2.02. The summed E-state index contributed by atoms with van der Waals surface area (Å²) in [5, 5.41) is 3.20. The molecule has 19 heavy (non-hydrogen) atoms. The largest absolute Gasteiger partial charge is 0.383 e. The molecule has 0 aliphatic rings. The first kappa shape index (κ1) is 13.8. The van der Waals surface area contributed by atoms with Crippen molar-refractivity contribution < 1.29 is 4.74 Å². The zero-order valence-electron chi connectivity index (χ0n) is 11.1. The first-order valence-corrected chi connectivity index (χ1v) is 7.25. The van der Waals surface area contributed by atoms with E-state index in [0.717, 1.165) is 23.6 Å². The Morgan fingerprint density at radius 1 is 1.21 bits per heavy atom. The van der Waals surface area contributed by atoms with Gasteiger partial charge in [-0.1, -0.05) is 12.1 Å². The zero-order chi connectivity index (χ0) is 13.5. The quantitative estimate of drug-likeness (QED) is 0.649. The molecule has 0 amide bonds. The molecule has 0 aliphatic carbocycles. The van der Waals surface area contributed by atoms with Crippen LogP contribution in [0.3, 0.4) is 0 Å². The maximum Gasteiger partial charge on any atom is 0.130 e. The molecule has 0 saturated carbocycles. The summed E-state index contributed by atoms with van der Waals surface area (Å²) in [7, 11) is 1.68. The third kappa shape index (κ3) is 3.94. The van der Waals surface area contributed by atoms with Crippen LogP contribution in [-0.2, 0) is 4.74 Å². The minimum Gasteiger partial charge on any atom is -0.383 e. The van der Waals surface area contributed by atoms with Crippen molar-refractivity contribution in [3.63, 3.8) is 0 Å². The lowest BCUT2D eigenvalue weighted by Gasteiger charge is -2.06. The number of methoxy groups -OCH3 is 1. The van der Waals surface area contributed by atoms with Crippen LogP contribution >= 0.6 is 11.8 Å². The Kier molecular flexibility index (Phi) is 5.18. The lowest BCUT2D eigenvalue weighted by Crippen LogP contribution is -2.08. The smallest absolute Gasteiger partial charge is 0.130 e. The second-order valence-electron chi connectivity index (χ2n) is 3.94. The van der Waals surface area contributed by atoms with Gasteiger partial charge in [0.2, 0.25) is 0 Å². The standard InChI is InChI=1S/C14H17N3OS/c1-18-8-7-15-14-9-13(16-10-17-14)11-3-5-12(19-2)6-4-11/h3-6,9-10H,7-8H2,1-2H3,(H,15,16,17). The molecule has 0 bridgehead atoms. The average Bonchev–Trinajstić information content (AvgIpc) is 2.48. The minimum absolute atomic E-state index is 0.655. The van der Waals surface area contributed by atoms with Crippen LogP contribution in [0, 0.1) is 0 Å². The van der Waals surface area contributed by atoms with Crippen LogP contribution in [0.5, 0.6) is 0 Å². The summed E-state index contributed by atoms with van der Waals surface area (Å²) >= 11 is 1.73. The van der Waals surface area contributed by atoms with Crippen LogP contribution in [0.15, 0.2) is 41.6 Å². The van der Waals surface area contributed by atoms with Gasteiger partial charge >= 0.3 is 0 Å².